The lowest BCUT2D eigenvalue weighted by Crippen LogP contribution is -2.27. The van der Waals surface area contributed by atoms with Crippen LogP contribution in [0.15, 0.2) is 22.7 Å². The molecule has 0 radical (unpaired) electrons. The fourth-order valence-corrected chi connectivity index (χ4v) is 2.45. The van der Waals surface area contributed by atoms with Crippen LogP contribution in [0.1, 0.15) is 30.9 Å². The van der Waals surface area contributed by atoms with Gasteiger partial charge in [0.2, 0.25) is 0 Å². The number of benzene rings is 1. The van der Waals surface area contributed by atoms with Crippen LogP contribution in [-0.4, -0.2) is 0 Å². The van der Waals surface area contributed by atoms with Crippen LogP contribution < -0.4 is 5.73 Å². The zero-order valence-electron chi connectivity index (χ0n) is 8.25. The molecule has 0 amide bonds. The second-order valence-corrected chi connectivity index (χ2v) is 5.21. The van der Waals surface area contributed by atoms with Crippen molar-refractivity contribution in [3.63, 3.8) is 0 Å². The van der Waals surface area contributed by atoms with Crippen LogP contribution in [-0.2, 0) is 0 Å². The van der Waals surface area contributed by atoms with Crippen LogP contribution in [0.25, 0.3) is 0 Å². The second kappa shape index (κ2) is 5.53. The van der Waals surface area contributed by atoms with E-state index in [0.717, 1.165) is 15.1 Å². The Hall–Kier alpha value is 0.240. The van der Waals surface area contributed by atoms with Crippen molar-refractivity contribution in [2.75, 3.05) is 0 Å². The molecule has 1 aliphatic carbocycles. The fraction of sp³-hybridized carbons (Fsp3) is 0.455. The molecule has 1 aromatic rings. The predicted molar refractivity (Wildman–Crippen MR) is 70.7 cm³/mol. The lowest BCUT2D eigenvalue weighted by Gasteiger charge is -2.32. The monoisotopic (exact) mass is 309 g/mol. The van der Waals surface area contributed by atoms with E-state index in [-0.39, 0.29) is 18.4 Å². The van der Waals surface area contributed by atoms with Gasteiger partial charge in [-0.25, -0.2) is 0 Å². The fourth-order valence-electron chi connectivity index (χ4n) is 1.82. The van der Waals surface area contributed by atoms with Gasteiger partial charge in [0, 0.05) is 15.5 Å². The molecule has 2 N–H and O–H groups in total. The van der Waals surface area contributed by atoms with Crippen LogP contribution in [0.4, 0.5) is 0 Å². The van der Waals surface area contributed by atoms with Gasteiger partial charge in [-0.3, -0.25) is 0 Å². The van der Waals surface area contributed by atoms with Gasteiger partial charge in [-0.1, -0.05) is 34.0 Å². The molecule has 1 aliphatic rings. The van der Waals surface area contributed by atoms with E-state index in [2.05, 4.69) is 15.9 Å². The highest BCUT2D eigenvalue weighted by Crippen LogP contribution is 2.38. The van der Waals surface area contributed by atoms with Crippen molar-refractivity contribution in [2.24, 2.45) is 11.7 Å². The zero-order valence-corrected chi connectivity index (χ0v) is 11.4. The highest BCUT2D eigenvalue weighted by molar-refractivity contribution is 9.10. The Morgan fingerprint density at radius 1 is 1.40 bits per heavy atom. The maximum absolute atomic E-state index is 6.16. The third-order valence-electron chi connectivity index (χ3n) is 2.97. The third kappa shape index (κ3) is 2.88. The van der Waals surface area contributed by atoms with Crippen LogP contribution >= 0.6 is 39.9 Å². The van der Waals surface area contributed by atoms with Gasteiger partial charge in [-0.05, 0) is 42.5 Å². The summed E-state index contributed by atoms with van der Waals surface area (Å²) in [7, 11) is 0. The van der Waals surface area contributed by atoms with Crippen LogP contribution in [0.2, 0.25) is 5.02 Å². The molecule has 2 rings (SSSR count). The summed E-state index contributed by atoms with van der Waals surface area (Å²) in [5.74, 6) is 0.627. The number of halogens is 3. The Kier molecular flexibility index (Phi) is 4.91. The average molecular weight is 311 g/mol. The third-order valence-corrected chi connectivity index (χ3v) is 3.81. The molecule has 1 nitrogen and oxygen atoms in total. The lowest BCUT2D eigenvalue weighted by atomic mass is 9.77. The first-order valence-corrected chi connectivity index (χ1v) is 6.06. The summed E-state index contributed by atoms with van der Waals surface area (Å²) in [5.41, 5.74) is 7.24. The molecule has 0 aliphatic heterocycles. The van der Waals surface area contributed by atoms with Gasteiger partial charge in [-0.15, -0.1) is 12.4 Å². The second-order valence-electron chi connectivity index (χ2n) is 3.88. The Balaban J connectivity index is 0.00000112. The average Bonchev–Trinajstić information content (AvgIpc) is 2.06. The molecule has 0 bridgehead atoms. The van der Waals surface area contributed by atoms with E-state index in [0.29, 0.717) is 5.92 Å². The molecular formula is C11H14BrCl2N. The summed E-state index contributed by atoms with van der Waals surface area (Å²) in [6.45, 7) is 0. The number of hydrogen-bond donors (Lipinski definition) is 1. The van der Waals surface area contributed by atoms with Crippen LogP contribution in [0, 0.1) is 5.92 Å². The molecule has 0 heterocycles. The quantitative estimate of drug-likeness (QED) is 0.864. The minimum atomic E-state index is 0. The Bertz CT molecular complexity index is 339. The molecule has 4 heteroatoms. The smallest absolute Gasteiger partial charge is 0.0454 e. The van der Waals surface area contributed by atoms with E-state index in [1.165, 1.54) is 19.3 Å². The highest BCUT2D eigenvalue weighted by atomic mass is 79.9. The van der Waals surface area contributed by atoms with E-state index >= 15 is 0 Å². The van der Waals surface area contributed by atoms with E-state index in [1.54, 1.807) is 0 Å². The van der Waals surface area contributed by atoms with E-state index in [9.17, 15) is 0 Å². The first-order chi connectivity index (χ1) is 6.68. The molecular weight excluding hydrogens is 297 g/mol. The molecule has 15 heavy (non-hydrogen) atoms. The molecule has 1 atom stereocenters. The van der Waals surface area contributed by atoms with Crippen LogP contribution in [0.5, 0.6) is 0 Å². The minimum absolute atomic E-state index is 0. The molecule has 1 fully saturated rings. The maximum Gasteiger partial charge on any atom is 0.0454 e. The number of rotatable bonds is 2. The summed E-state index contributed by atoms with van der Waals surface area (Å²) < 4.78 is 1.05. The van der Waals surface area contributed by atoms with Gasteiger partial charge in [0.05, 0.1) is 0 Å². The Morgan fingerprint density at radius 2 is 2.07 bits per heavy atom. The van der Waals surface area contributed by atoms with Crippen molar-refractivity contribution >= 4 is 39.9 Å². The van der Waals surface area contributed by atoms with Crippen molar-refractivity contribution in [3.05, 3.63) is 33.3 Å². The maximum atomic E-state index is 6.16. The highest BCUT2D eigenvalue weighted by Gasteiger charge is 2.26. The van der Waals surface area contributed by atoms with E-state index in [1.807, 2.05) is 18.2 Å². The topological polar surface area (TPSA) is 26.0 Å². The van der Waals surface area contributed by atoms with Crippen LogP contribution in [0.3, 0.4) is 0 Å². The van der Waals surface area contributed by atoms with Gasteiger partial charge in [-0.2, -0.15) is 0 Å². The van der Waals surface area contributed by atoms with Crippen molar-refractivity contribution in [1.29, 1.82) is 0 Å². The van der Waals surface area contributed by atoms with Gasteiger partial charge in [0.25, 0.3) is 0 Å². The SMILES string of the molecule is Cl.N[C@H](c1cc(Br)ccc1Cl)C1CCC1. The molecule has 84 valence electrons. The molecule has 0 aromatic heterocycles. The largest absolute Gasteiger partial charge is 0.324 e. The normalized spacial score (nSPS) is 17.8. The van der Waals surface area contributed by atoms with Crippen molar-refractivity contribution in [2.45, 2.75) is 25.3 Å². The Morgan fingerprint density at radius 3 is 2.60 bits per heavy atom. The molecule has 0 saturated heterocycles. The number of nitrogens with two attached hydrogens (primary N) is 1. The van der Waals surface area contributed by atoms with Crippen molar-refractivity contribution < 1.29 is 0 Å². The van der Waals surface area contributed by atoms with Gasteiger partial charge >= 0.3 is 0 Å². The van der Waals surface area contributed by atoms with Gasteiger partial charge in [0.15, 0.2) is 0 Å². The molecule has 1 aromatic carbocycles. The summed E-state index contributed by atoms with van der Waals surface area (Å²) in [6.07, 6.45) is 3.79. The molecule has 0 spiro atoms. The Labute approximate surface area is 110 Å². The van der Waals surface area contributed by atoms with Crippen molar-refractivity contribution in [3.8, 4) is 0 Å². The summed E-state index contributed by atoms with van der Waals surface area (Å²) in [6, 6.07) is 5.98. The van der Waals surface area contributed by atoms with E-state index in [4.69, 9.17) is 17.3 Å². The lowest BCUT2D eigenvalue weighted by molar-refractivity contribution is 0.264. The predicted octanol–water partition coefficient (Wildman–Crippen LogP) is 4.32. The zero-order chi connectivity index (χ0) is 10.1. The standard InChI is InChI=1S/C11H13BrClN.ClH/c12-8-4-5-10(13)9(6-8)11(14)7-2-1-3-7;/h4-7,11H,1-3,14H2;1H/t11-;/m0./s1. The minimum Gasteiger partial charge on any atom is -0.324 e. The molecule has 1 saturated carbocycles. The number of hydrogen-bond acceptors (Lipinski definition) is 1. The summed E-state index contributed by atoms with van der Waals surface area (Å²) in [4.78, 5) is 0. The van der Waals surface area contributed by atoms with Gasteiger partial charge < -0.3 is 5.73 Å². The van der Waals surface area contributed by atoms with Gasteiger partial charge in [0.1, 0.15) is 0 Å². The van der Waals surface area contributed by atoms with E-state index < -0.39 is 0 Å². The first kappa shape index (κ1) is 13.3. The summed E-state index contributed by atoms with van der Waals surface area (Å²) in [5, 5.41) is 0.785. The first-order valence-electron chi connectivity index (χ1n) is 4.89. The molecule has 0 unspecified atom stereocenters. The van der Waals surface area contributed by atoms with Crippen molar-refractivity contribution in [1.82, 2.24) is 0 Å². The summed E-state index contributed by atoms with van der Waals surface area (Å²) >= 11 is 9.55.